The molecule has 0 bridgehead atoms. The predicted molar refractivity (Wildman–Crippen MR) is 52.0 cm³/mol. The van der Waals surface area contributed by atoms with Crippen molar-refractivity contribution in [3.8, 4) is 0 Å². The Hall–Kier alpha value is -2.44. The van der Waals surface area contributed by atoms with Crippen LogP contribution in [-0.4, -0.2) is 22.3 Å². The fraction of sp³-hybridized carbons (Fsp3) is 0. The number of nitrogens with one attached hydrogen (secondary N) is 1. The van der Waals surface area contributed by atoms with Gasteiger partial charge in [0.05, 0.1) is 4.92 Å². The fourth-order valence-corrected chi connectivity index (χ4v) is 0.956. The number of anilines is 1. The smallest absolute Gasteiger partial charge is 0.292 e. The van der Waals surface area contributed by atoms with Gasteiger partial charge in [-0.25, -0.2) is 0 Å². The molecule has 0 fully saturated rings. The van der Waals surface area contributed by atoms with Crippen molar-refractivity contribution in [2.45, 2.75) is 0 Å². The third kappa shape index (κ3) is 2.76. The fourth-order valence-electron chi connectivity index (χ4n) is 0.956. The van der Waals surface area contributed by atoms with Gasteiger partial charge < -0.3 is 10.5 Å². The largest absolute Gasteiger partial charge is 0.411 e. The molecule has 0 saturated heterocycles. The molecule has 1 aromatic rings. The molecular formula is C8H7N3O4. The molecule has 0 unspecified atom stereocenters. The highest BCUT2D eigenvalue weighted by Crippen LogP contribution is 2.22. The molecule has 0 saturated carbocycles. The molecule has 0 atom stereocenters. The van der Waals surface area contributed by atoms with Crippen LogP contribution < -0.4 is 5.32 Å². The van der Waals surface area contributed by atoms with E-state index in [1.807, 2.05) is 0 Å². The van der Waals surface area contributed by atoms with Crippen LogP contribution in [-0.2, 0) is 4.79 Å². The molecule has 0 aromatic heterocycles. The van der Waals surface area contributed by atoms with Gasteiger partial charge in [0.2, 0.25) is 0 Å². The standard InChI is InChI=1S/C8H7N3O4/c12-8(5-9-13)10-6-3-1-2-4-7(6)11(14)15/h1-5,13H,(H,10,12)/b9-5+. The monoisotopic (exact) mass is 209 g/mol. The minimum atomic E-state index is -0.744. The van der Waals surface area contributed by atoms with Crippen LogP contribution in [0.15, 0.2) is 29.4 Å². The number of nitro benzene ring substituents is 1. The molecule has 78 valence electrons. The first-order valence-corrected chi connectivity index (χ1v) is 3.87. The molecule has 0 radical (unpaired) electrons. The second-order valence-electron chi connectivity index (χ2n) is 2.51. The zero-order valence-electron chi connectivity index (χ0n) is 7.45. The van der Waals surface area contributed by atoms with E-state index in [-0.39, 0.29) is 11.4 Å². The highest BCUT2D eigenvalue weighted by atomic mass is 16.6. The SMILES string of the molecule is O=C(/C=N/O)Nc1ccccc1[N+](=O)[O-]. The van der Waals surface area contributed by atoms with Crippen LogP contribution in [0.4, 0.5) is 11.4 Å². The van der Waals surface area contributed by atoms with Crippen molar-refractivity contribution in [1.29, 1.82) is 0 Å². The number of amides is 1. The molecule has 1 amide bonds. The van der Waals surface area contributed by atoms with Crippen LogP contribution in [0.3, 0.4) is 0 Å². The lowest BCUT2D eigenvalue weighted by Crippen LogP contribution is -2.13. The van der Waals surface area contributed by atoms with Crippen molar-refractivity contribution < 1.29 is 14.9 Å². The van der Waals surface area contributed by atoms with Crippen LogP contribution in [0.1, 0.15) is 0 Å². The number of oxime groups is 1. The molecule has 2 N–H and O–H groups in total. The van der Waals surface area contributed by atoms with Crippen LogP contribution in [0.25, 0.3) is 0 Å². The molecular weight excluding hydrogens is 202 g/mol. The van der Waals surface area contributed by atoms with E-state index >= 15 is 0 Å². The van der Waals surface area contributed by atoms with Gasteiger partial charge in [-0.3, -0.25) is 14.9 Å². The number of benzene rings is 1. The molecule has 7 heteroatoms. The van der Waals surface area contributed by atoms with Crippen molar-refractivity contribution >= 4 is 23.5 Å². The highest BCUT2D eigenvalue weighted by molar-refractivity contribution is 6.31. The van der Waals surface area contributed by atoms with Gasteiger partial charge in [0.15, 0.2) is 0 Å². The van der Waals surface area contributed by atoms with E-state index in [4.69, 9.17) is 5.21 Å². The first-order chi connectivity index (χ1) is 7.15. The molecule has 0 aliphatic rings. The number of hydrogen-bond acceptors (Lipinski definition) is 5. The summed E-state index contributed by atoms with van der Waals surface area (Å²) in [6.45, 7) is 0. The van der Waals surface area contributed by atoms with Gasteiger partial charge in [-0.15, -0.1) is 0 Å². The normalized spacial score (nSPS) is 10.1. The zero-order chi connectivity index (χ0) is 11.3. The maximum Gasteiger partial charge on any atom is 0.292 e. The third-order valence-electron chi connectivity index (χ3n) is 1.53. The van der Waals surface area contributed by atoms with Crippen LogP contribution in [0.2, 0.25) is 0 Å². The summed E-state index contributed by atoms with van der Waals surface area (Å²) in [6, 6.07) is 5.65. The van der Waals surface area contributed by atoms with Crippen LogP contribution in [0.5, 0.6) is 0 Å². The number of nitrogens with zero attached hydrogens (tertiary/aromatic N) is 2. The van der Waals surface area contributed by atoms with Crippen molar-refractivity contribution in [3.63, 3.8) is 0 Å². The molecule has 7 nitrogen and oxygen atoms in total. The van der Waals surface area contributed by atoms with Gasteiger partial charge in [-0.05, 0) is 6.07 Å². The van der Waals surface area contributed by atoms with Gasteiger partial charge in [0.25, 0.3) is 11.6 Å². The maximum atomic E-state index is 10.9. The summed E-state index contributed by atoms with van der Waals surface area (Å²) in [5, 5.41) is 23.3. The zero-order valence-corrected chi connectivity index (χ0v) is 7.45. The van der Waals surface area contributed by atoms with E-state index in [0.717, 1.165) is 0 Å². The first-order valence-electron chi connectivity index (χ1n) is 3.87. The molecule has 0 spiro atoms. The van der Waals surface area contributed by atoms with E-state index in [9.17, 15) is 14.9 Å². The minimum absolute atomic E-state index is 0.0485. The summed E-state index contributed by atoms with van der Waals surface area (Å²) in [5.74, 6) is -0.744. The van der Waals surface area contributed by atoms with Crippen molar-refractivity contribution in [3.05, 3.63) is 34.4 Å². The van der Waals surface area contributed by atoms with Gasteiger partial charge in [0.1, 0.15) is 11.9 Å². The second kappa shape index (κ2) is 4.70. The Morgan fingerprint density at radius 3 is 2.80 bits per heavy atom. The number of carbonyl (C=O) groups excluding carboxylic acids is 1. The van der Waals surface area contributed by atoms with E-state index in [1.54, 1.807) is 6.07 Å². The van der Waals surface area contributed by atoms with Crippen molar-refractivity contribution in [2.24, 2.45) is 5.16 Å². The van der Waals surface area contributed by atoms with E-state index < -0.39 is 10.8 Å². The Balaban J connectivity index is 2.94. The van der Waals surface area contributed by atoms with Crippen molar-refractivity contribution in [2.75, 3.05) is 5.32 Å². The Labute approximate surface area is 84.2 Å². The van der Waals surface area contributed by atoms with Gasteiger partial charge in [0, 0.05) is 6.07 Å². The average Bonchev–Trinajstić information content (AvgIpc) is 2.18. The summed E-state index contributed by atoms with van der Waals surface area (Å²) < 4.78 is 0. The van der Waals surface area contributed by atoms with E-state index in [1.165, 1.54) is 18.2 Å². The van der Waals surface area contributed by atoms with Crippen molar-refractivity contribution in [1.82, 2.24) is 0 Å². The quantitative estimate of drug-likeness (QED) is 0.335. The van der Waals surface area contributed by atoms with Crippen LogP contribution in [0, 0.1) is 10.1 Å². The lowest BCUT2D eigenvalue weighted by Gasteiger charge is -2.01. The summed E-state index contributed by atoms with van der Waals surface area (Å²) >= 11 is 0. The number of carbonyl (C=O) groups is 1. The Morgan fingerprint density at radius 1 is 1.53 bits per heavy atom. The lowest BCUT2D eigenvalue weighted by molar-refractivity contribution is -0.383. The Morgan fingerprint density at radius 2 is 2.20 bits per heavy atom. The minimum Gasteiger partial charge on any atom is -0.411 e. The lowest BCUT2D eigenvalue weighted by atomic mass is 10.2. The predicted octanol–water partition coefficient (Wildman–Crippen LogP) is 0.993. The average molecular weight is 209 g/mol. The summed E-state index contributed by atoms with van der Waals surface area (Å²) in [7, 11) is 0. The van der Waals surface area contributed by atoms with E-state index in [0.29, 0.717) is 6.21 Å². The van der Waals surface area contributed by atoms with Gasteiger partial charge in [-0.1, -0.05) is 17.3 Å². The summed E-state index contributed by atoms with van der Waals surface area (Å²) in [4.78, 5) is 20.9. The number of para-hydroxylation sites is 2. The Kier molecular flexibility index (Phi) is 3.33. The van der Waals surface area contributed by atoms with E-state index in [2.05, 4.69) is 10.5 Å². The molecule has 0 heterocycles. The number of hydrogen-bond donors (Lipinski definition) is 2. The second-order valence-corrected chi connectivity index (χ2v) is 2.51. The molecule has 15 heavy (non-hydrogen) atoms. The molecule has 0 aliphatic heterocycles. The molecule has 0 aliphatic carbocycles. The maximum absolute atomic E-state index is 10.9. The molecule has 1 aromatic carbocycles. The highest BCUT2D eigenvalue weighted by Gasteiger charge is 2.13. The van der Waals surface area contributed by atoms with Gasteiger partial charge >= 0.3 is 0 Å². The Bertz CT molecular complexity index is 416. The summed E-state index contributed by atoms with van der Waals surface area (Å²) in [5.41, 5.74) is -0.176. The summed E-state index contributed by atoms with van der Waals surface area (Å²) in [6.07, 6.45) is 0.608. The van der Waals surface area contributed by atoms with Crippen LogP contribution >= 0.6 is 0 Å². The third-order valence-corrected chi connectivity index (χ3v) is 1.53. The molecule has 1 rings (SSSR count). The number of rotatable bonds is 3. The number of nitro groups is 1. The first kappa shape index (κ1) is 10.6. The topological polar surface area (TPSA) is 105 Å². The van der Waals surface area contributed by atoms with Gasteiger partial charge in [-0.2, -0.15) is 0 Å².